The van der Waals surface area contributed by atoms with Crippen LogP contribution in [0.4, 0.5) is 8.78 Å². The topological polar surface area (TPSA) is 68.5 Å². The quantitative estimate of drug-likeness (QED) is 0.522. The molecule has 5 nitrogen and oxygen atoms in total. The zero-order valence-corrected chi connectivity index (χ0v) is 18.6. The minimum atomic E-state index is -0.631. The first-order valence-electron chi connectivity index (χ1n) is 10.5. The van der Waals surface area contributed by atoms with Crippen LogP contribution in [0.15, 0.2) is 41.3 Å². The minimum absolute atomic E-state index is 0.0212. The summed E-state index contributed by atoms with van der Waals surface area (Å²) in [6.07, 6.45) is 1.79. The first-order chi connectivity index (χ1) is 15.2. The second kappa shape index (κ2) is 9.61. The summed E-state index contributed by atoms with van der Waals surface area (Å²) in [5, 5.41) is 10.3. The molecule has 0 aliphatic rings. The van der Waals surface area contributed by atoms with Gasteiger partial charge in [0.2, 0.25) is 0 Å². The van der Waals surface area contributed by atoms with E-state index in [4.69, 9.17) is 4.74 Å². The van der Waals surface area contributed by atoms with Gasteiger partial charge in [-0.15, -0.1) is 0 Å². The van der Waals surface area contributed by atoms with E-state index in [1.165, 1.54) is 38.4 Å². The first kappa shape index (κ1) is 23.6. The molecule has 0 fully saturated rings. The van der Waals surface area contributed by atoms with Gasteiger partial charge >= 0.3 is 0 Å². The van der Waals surface area contributed by atoms with Gasteiger partial charge in [0, 0.05) is 23.2 Å². The molecule has 0 amide bonds. The van der Waals surface area contributed by atoms with Crippen molar-refractivity contribution in [2.24, 2.45) is 5.92 Å². The van der Waals surface area contributed by atoms with Crippen LogP contribution < -0.4 is 10.2 Å². The van der Waals surface area contributed by atoms with Crippen molar-refractivity contribution in [3.05, 3.63) is 75.1 Å². The highest BCUT2D eigenvalue weighted by Crippen LogP contribution is 2.30. The van der Waals surface area contributed by atoms with Crippen molar-refractivity contribution in [3.63, 3.8) is 0 Å². The highest BCUT2D eigenvalue weighted by molar-refractivity contribution is 5.97. The predicted molar refractivity (Wildman–Crippen MR) is 119 cm³/mol. The van der Waals surface area contributed by atoms with E-state index in [1.54, 1.807) is 16.7 Å². The molecule has 170 valence electrons. The minimum Gasteiger partial charge on any atom is -0.496 e. The van der Waals surface area contributed by atoms with Crippen molar-refractivity contribution < 1.29 is 23.4 Å². The Morgan fingerprint density at radius 1 is 1.16 bits per heavy atom. The van der Waals surface area contributed by atoms with Gasteiger partial charge in [-0.3, -0.25) is 9.59 Å². The fourth-order valence-electron chi connectivity index (χ4n) is 3.98. The second-order valence-electron chi connectivity index (χ2n) is 8.21. The highest BCUT2D eigenvalue weighted by atomic mass is 19.1. The summed E-state index contributed by atoms with van der Waals surface area (Å²) in [6.45, 7) is 5.02. The number of halogens is 2. The van der Waals surface area contributed by atoms with Crippen molar-refractivity contribution in [3.8, 4) is 5.75 Å². The number of hydrogen-bond donors (Lipinski definition) is 1. The average molecular weight is 443 g/mol. The zero-order valence-electron chi connectivity index (χ0n) is 18.6. The molecule has 0 unspecified atom stereocenters. The number of methoxy groups -OCH3 is 1. The number of aliphatic hydroxyl groups is 1. The lowest BCUT2D eigenvalue weighted by Crippen LogP contribution is -2.25. The largest absolute Gasteiger partial charge is 0.496 e. The molecule has 1 N–H and O–H groups in total. The van der Waals surface area contributed by atoms with Gasteiger partial charge in [0.15, 0.2) is 11.2 Å². The lowest BCUT2D eigenvalue weighted by atomic mass is 9.98. The SMILES string of the molecule is COc1cc2c(cc1CCc1c(F)cccc1F)c(=O)c(C(C)=O)cn2[C@H](CO)C(C)C. The van der Waals surface area contributed by atoms with Gasteiger partial charge in [0.25, 0.3) is 0 Å². The van der Waals surface area contributed by atoms with E-state index in [2.05, 4.69) is 0 Å². The maximum Gasteiger partial charge on any atom is 0.200 e. The lowest BCUT2D eigenvalue weighted by Gasteiger charge is -2.25. The molecule has 0 aliphatic heterocycles. The number of carbonyl (C=O) groups excluding carboxylic acids is 1. The van der Waals surface area contributed by atoms with E-state index >= 15 is 0 Å². The third-order valence-corrected chi connectivity index (χ3v) is 5.83. The molecule has 0 spiro atoms. The maximum atomic E-state index is 14.1. The van der Waals surface area contributed by atoms with Crippen LogP contribution in [0, 0.1) is 17.6 Å². The Bertz CT molecular complexity index is 1200. The standard InChI is InChI=1S/C25H27F2NO4/c1-14(2)23(13-29)28-12-19(15(3)30)25(31)18-10-16(24(32-4)11-22(18)28)8-9-17-20(26)6-5-7-21(17)27/h5-7,10-12,14,23,29H,8-9,13H2,1-4H3/t23-/m1/s1. The number of benzene rings is 2. The number of ketones is 1. The molecule has 1 heterocycles. The molecule has 0 saturated carbocycles. The molecular weight excluding hydrogens is 416 g/mol. The van der Waals surface area contributed by atoms with Crippen molar-refractivity contribution >= 4 is 16.7 Å². The maximum absolute atomic E-state index is 14.1. The number of ether oxygens (including phenoxy) is 1. The molecule has 2 aromatic carbocycles. The number of nitrogens with zero attached hydrogens (tertiary/aromatic N) is 1. The molecule has 0 aliphatic carbocycles. The van der Waals surface area contributed by atoms with Crippen LogP contribution in [0.2, 0.25) is 0 Å². The van der Waals surface area contributed by atoms with Gasteiger partial charge in [0.1, 0.15) is 17.4 Å². The number of Topliss-reactive ketones (excluding diaryl/α,β-unsaturated/α-hetero) is 1. The number of aromatic nitrogens is 1. The van der Waals surface area contributed by atoms with Crippen molar-refractivity contribution in [1.82, 2.24) is 4.57 Å². The Balaban J connectivity index is 2.21. The molecule has 32 heavy (non-hydrogen) atoms. The van der Waals surface area contributed by atoms with Gasteiger partial charge in [-0.2, -0.15) is 0 Å². The van der Waals surface area contributed by atoms with Crippen molar-refractivity contribution in [2.45, 2.75) is 39.7 Å². The van der Waals surface area contributed by atoms with E-state index in [-0.39, 0.29) is 48.3 Å². The van der Waals surface area contributed by atoms with E-state index < -0.39 is 17.1 Å². The Hall–Kier alpha value is -3.06. The number of carbonyl (C=O) groups is 1. The summed E-state index contributed by atoms with van der Waals surface area (Å²) in [5.74, 6) is -1.15. The molecule has 7 heteroatoms. The van der Waals surface area contributed by atoms with Crippen LogP contribution in [-0.4, -0.2) is 29.2 Å². The van der Waals surface area contributed by atoms with Gasteiger partial charge in [-0.1, -0.05) is 19.9 Å². The van der Waals surface area contributed by atoms with Gasteiger partial charge in [-0.05, 0) is 49.4 Å². The van der Waals surface area contributed by atoms with Gasteiger partial charge < -0.3 is 14.4 Å². The summed E-state index contributed by atoms with van der Waals surface area (Å²) < 4.78 is 35.4. The molecule has 3 aromatic rings. The fourth-order valence-corrected chi connectivity index (χ4v) is 3.98. The van der Waals surface area contributed by atoms with E-state index in [9.17, 15) is 23.5 Å². The van der Waals surface area contributed by atoms with E-state index in [0.29, 0.717) is 22.2 Å². The molecule has 0 saturated heterocycles. The van der Waals surface area contributed by atoms with Gasteiger partial charge in [-0.25, -0.2) is 8.78 Å². The van der Waals surface area contributed by atoms with Crippen LogP contribution in [0.25, 0.3) is 10.9 Å². The number of aliphatic hydroxyl groups excluding tert-OH is 1. The number of pyridine rings is 1. The second-order valence-corrected chi connectivity index (χ2v) is 8.21. The number of aryl methyl sites for hydroxylation is 1. The summed E-state index contributed by atoms with van der Waals surface area (Å²) in [7, 11) is 1.48. The first-order valence-corrected chi connectivity index (χ1v) is 10.5. The Morgan fingerprint density at radius 3 is 2.34 bits per heavy atom. The zero-order chi connectivity index (χ0) is 23.6. The van der Waals surface area contributed by atoms with Crippen molar-refractivity contribution in [1.29, 1.82) is 0 Å². The third kappa shape index (κ3) is 4.43. The monoisotopic (exact) mass is 443 g/mol. The molecular formula is C25H27F2NO4. The van der Waals surface area contributed by atoms with Crippen LogP contribution in [0.3, 0.4) is 0 Å². The number of rotatable bonds is 8. The van der Waals surface area contributed by atoms with Gasteiger partial charge in [0.05, 0.1) is 30.8 Å². The molecule has 0 radical (unpaired) electrons. The Kier molecular flexibility index (Phi) is 7.09. The summed E-state index contributed by atoms with van der Waals surface area (Å²) >= 11 is 0. The fraction of sp³-hybridized carbons (Fsp3) is 0.360. The van der Waals surface area contributed by atoms with Crippen molar-refractivity contribution in [2.75, 3.05) is 13.7 Å². The smallest absolute Gasteiger partial charge is 0.200 e. The van der Waals surface area contributed by atoms with Crippen LogP contribution in [-0.2, 0) is 12.8 Å². The number of fused-ring (bicyclic) bond motifs is 1. The summed E-state index contributed by atoms with van der Waals surface area (Å²) in [4.78, 5) is 25.2. The molecule has 3 rings (SSSR count). The van der Waals surface area contributed by atoms with Crippen LogP contribution in [0.5, 0.6) is 5.75 Å². The average Bonchev–Trinajstić information content (AvgIpc) is 2.74. The Labute approximate surface area is 185 Å². The predicted octanol–water partition coefficient (Wildman–Crippen LogP) is 4.47. The third-order valence-electron chi connectivity index (χ3n) is 5.83. The molecule has 1 atom stereocenters. The molecule has 0 bridgehead atoms. The van der Waals surface area contributed by atoms with Crippen LogP contribution >= 0.6 is 0 Å². The van der Waals surface area contributed by atoms with E-state index in [0.717, 1.165) is 0 Å². The number of hydrogen-bond acceptors (Lipinski definition) is 4. The summed E-state index contributed by atoms with van der Waals surface area (Å²) in [5.41, 5.74) is 0.672. The van der Waals surface area contributed by atoms with E-state index in [1.807, 2.05) is 13.8 Å². The summed E-state index contributed by atoms with van der Waals surface area (Å²) in [6, 6.07) is 6.65. The Morgan fingerprint density at radius 2 is 1.81 bits per heavy atom. The van der Waals surface area contributed by atoms with Crippen LogP contribution in [0.1, 0.15) is 48.3 Å². The lowest BCUT2D eigenvalue weighted by molar-refractivity contribution is 0.101. The normalized spacial score (nSPS) is 12.4. The molecule has 1 aromatic heterocycles. The highest BCUT2D eigenvalue weighted by Gasteiger charge is 2.22.